The molecule has 0 spiro atoms. The van der Waals surface area contributed by atoms with E-state index in [-0.39, 0.29) is 11.9 Å². The van der Waals surface area contributed by atoms with Gasteiger partial charge in [0.1, 0.15) is 11.5 Å². The zero-order valence-corrected chi connectivity index (χ0v) is 14.3. The van der Waals surface area contributed by atoms with E-state index in [9.17, 15) is 4.79 Å². The van der Waals surface area contributed by atoms with Crippen molar-refractivity contribution < 1.29 is 14.3 Å². The molecule has 0 bridgehead atoms. The third-order valence-electron chi connectivity index (χ3n) is 3.85. The number of aryl methyl sites for hydroxylation is 2. The van der Waals surface area contributed by atoms with Crippen molar-refractivity contribution in [3.63, 3.8) is 0 Å². The van der Waals surface area contributed by atoms with Crippen LogP contribution in [0.5, 0.6) is 11.5 Å². The zero-order valence-electron chi connectivity index (χ0n) is 14.3. The first kappa shape index (κ1) is 16.9. The van der Waals surface area contributed by atoms with Crippen molar-refractivity contribution in [2.45, 2.75) is 26.8 Å². The maximum absolute atomic E-state index is 12.5. The van der Waals surface area contributed by atoms with Gasteiger partial charge >= 0.3 is 0 Å². The summed E-state index contributed by atoms with van der Waals surface area (Å²) in [7, 11) is 3.13. The number of carbonyl (C=O) groups excluding carboxylic acids is 1. The lowest BCUT2D eigenvalue weighted by molar-refractivity contribution is 0.0939. The summed E-state index contributed by atoms with van der Waals surface area (Å²) in [6, 6.07) is 11.3. The van der Waals surface area contributed by atoms with Crippen LogP contribution in [0.15, 0.2) is 36.4 Å². The van der Waals surface area contributed by atoms with Crippen LogP contribution in [-0.2, 0) is 0 Å². The molecule has 2 aromatic carbocycles. The van der Waals surface area contributed by atoms with Gasteiger partial charge in [0.2, 0.25) is 0 Å². The van der Waals surface area contributed by atoms with Gasteiger partial charge in [0.05, 0.1) is 20.3 Å². The van der Waals surface area contributed by atoms with Crippen molar-refractivity contribution in [1.29, 1.82) is 0 Å². The van der Waals surface area contributed by atoms with E-state index in [0.29, 0.717) is 17.1 Å². The average Bonchev–Trinajstić information content (AvgIpc) is 2.53. The molecule has 0 fully saturated rings. The quantitative estimate of drug-likeness (QED) is 0.913. The fourth-order valence-electron chi connectivity index (χ4n) is 2.61. The topological polar surface area (TPSA) is 47.6 Å². The molecule has 1 N–H and O–H groups in total. The van der Waals surface area contributed by atoms with Gasteiger partial charge in [-0.1, -0.05) is 23.8 Å². The molecule has 2 aromatic rings. The zero-order chi connectivity index (χ0) is 17.0. The van der Waals surface area contributed by atoms with Gasteiger partial charge < -0.3 is 14.8 Å². The van der Waals surface area contributed by atoms with Gasteiger partial charge in [-0.2, -0.15) is 0 Å². The highest BCUT2D eigenvalue weighted by Crippen LogP contribution is 2.24. The van der Waals surface area contributed by atoms with E-state index in [0.717, 1.165) is 5.56 Å². The molecule has 122 valence electrons. The molecule has 1 atom stereocenters. The van der Waals surface area contributed by atoms with Crippen molar-refractivity contribution in [2.75, 3.05) is 14.2 Å². The summed E-state index contributed by atoms with van der Waals surface area (Å²) < 4.78 is 10.4. The summed E-state index contributed by atoms with van der Waals surface area (Å²) in [4.78, 5) is 12.5. The van der Waals surface area contributed by atoms with Crippen molar-refractivity contribution in [3.8, 4) is 11.5 Å². The highest BCUT2D eigenvalue weighted by molar-refractivity contribution is 5.95. The Labute approximate surface area is 137 Å². The number of benzene rings is 2. The van der Waals surface area contributed by atoms with Crippen LogP contribution >= 0.6 is 0 Å². The Balaban J connectivity index is 2.21. The second-order valence-corrected chi connectivity index (χ2v) is 5.66. The van der Waals surface area contributed by atoms with E-state index in [1.807, 2.05) is 6.92 Å². The third-order valence-corrected chi connectivity index (χ3v) is 3.85. The Bertz CT molecular complexity index is 688. The SMILES string of the molecule is COc1cc(OC)cc(C(=O)NC(C)c2ccc(C)cc2C)c1. The van der Waals surface area contributed by atoms with Gasteiger partial charge in [0.15, 0.2) is 0 Å². The largest absolute Gasteiger partial charge is 0.497 e. The second-order valence-electron chi connectivity index (χ2n) is 5.66. The monoisotopic (exact) mass is 313 g/mol. The predicted molar refractivity (Wildman–Crippen MR) is 91.3 cm³/mol. The van der Waals surface area contributed by atoms with Crippen molar-refractivity contribution in [2.24, 2.45) is 0 Å². The Morgan fingerprint density at radius 1 is 1.00 bits per heavy atom. The molecule has 0 saturated heterocycles. The summed E-state index contributed by atoms with van der Waals surface area (Å²) in [5.74, 6) is 1.03. The van der Waals surface area contributed by atoms with Gasteiger partial charge in [0.25, 0.3) is 5.91 Å². The summed E-state index contributed by atoms with van der Waals surface area (Å²) >= 11 is 0. The van der Waals surface area contributed by atoms with Crippen LogP contribution in [0.4, 0.5) is 0 Å². The Hall–Kier alpha value is -2.49. The predicted octanol–water partition coefficient (Wildman–Crippen LogP) is 3.81. The number of ether oxygens (including phenoxy) is 2. The van der Waals surface area contributed by atoms with Gasteiger partial charge in [-0.15, -0.1) is 0 Å². The van der Waals surface area contributed by atoms with Crippen LogP contribution in [0.1, 0.15) is 40.0 Å². The molecule has 0 heterocycles. The molecule has 0 aliphatic rings. The Kier molecular flexibility index (Phi) is 5.27. The van der Waals surface area contributed by atoms with Crippen LogP contribution < -0.4 is 14.8 Å². The molecule has 0 aromatic heterocycles. The number of methoxy groups -OCH3 is 2. The van der Waals surface area contributed by atoms with E-state index in [4.69, 9.17) is 9.47 Å². The molecule has 0 aliphatic heterocycles. The second kappa shape index (κ2) is 7.18. The minimum atomic E-state index is -0.158. The highest BCUT2D eigenvalue weighted by atomic mass is 16.5. The molecule has 4 heteroatoms. The van der Waals surface area contributed by atoms with E-state index in [1.165, 1.54) is 11.1 Å². The average molecular weight is 313 g/mol. The number of hydrogen-bond donors (Lipinski definition) is 1. The van der Waals surface area contributed by atoms with E-state index >= 15 is 0 Å². The summed E-state index contributed by atoms with van der Waals surface area (Å²) in [6.45, 7) is 6.09. The lowest BCUT2D eigenvalue weighted by atomic mass is 10.00. The Morgan fingerprint density at radius 3 is 2.13 bits per heavy atom. The van der Waals surface area contributed by atoms with Crippen molar-refractivity contribution >= 4 is 5.91 Å². The van der Waals surface area contributed by atoms with Gasteiger partial charge in [-0.25, -0.2) is 0 Å². The van der Waals surface area contributed by atoms with E-state index in [2.05, 4.69) is 37.4 Å². The standard InChI is InChI=1S/C19H23NO3/c1-12-6-7-18(13(2)8-12)14(3)20-19(21)15-9-16(22-4)11-17(10-15)23-5/h6-11,14H,1-5H3,(H,20,21). The molecular weight excluding hydrogens is 290 g/mol. The lowest BCUT2D eigenvalue weighted by Crippen LogP contribution is -2.27. The number of amides is 1. The minimum Gasteiger partial charge on any atom is -0.497 e. The van der Waals surface area contributed by atoms with Gasteiger partial charge in [-0.3, -0.25) is 4.79 Å². The number of rotatable bonds is 5. The van der Waals surface area contributed by atoms with E-state index < -0.39 is 0 Å². The van der Waals surface area contributed by atoms with Crippen molar-refractivity contribution in [1.82, 2.24) is 5.32 Å². The Morgan fingerprint density at radius 2 is 1.61 bits per heavy atom. The normalized spacial score (nSPS) is 11.7. The van der Waals surface area contributed by atoms with Crippen LogP contribution in [0.25, 0.3) is 0 Å². The molecule has 23 heavy (non-hydrogen) atoms. The molecule has 4 nitrogen and oxygen atoms in total. The van der Waals surface area contributed by atoms with Crippen LogP contribution in [0, 0.1) is 13.8 Å². The molecule has 0 saturated carbocycles. The van der Waals surface area contributed by atoms with Crippen LogP contribution in [0.3, 0.4) is 0 Å². The maximum atomic E-state index is 12.5. The first-order valence-electron chi connectivity index (χ1n) is 7.55. The molecule has 0 radical (unpaired) electrons. The smallest absolute Gasteiger partial charge is 0.252 e. The molecule has 1 unspecified atom stereocenters. The summed E-state index contributed by atoms with van der Waals surface area (Å²) in [5.41, 5.74) is 4.00. The fraction of sp³-hybridized carbons (Fsp3) is 0.316. The van der Waals surface area contributed by atoms with Gasteiger partial charge in [0, 0.05) is 11.6 Å². The van der Waals surface area contributed by atoms with E-state index in [1.54, 1.807) is 32.4 Å². The van der Waals surface area contributed by atoms with Crippen molar-refractivity contribution in [3.05, 3.63) is 58.7 Å². The number of nitrogens with one attached hydrogen (secondary N) is 1. The molecular formula is C19H23NO3. The summed E-state index contributed by atoms with van der Waals surface area (Å²) in [5, 5.41) is 3.03. The van der Waals surface area contributed by atoms with Crippen LogP contribution in [0.2, 0.25) is 0 Å². The van der Waals surface area contributed by atoms with Gasteiger partial charge in [-0.05, 0) is 44.0 Å². The molecule has 0 aliphatic carbocycles. The molecule has 2 rings (SSSR count). The summed E-state index contributed by atoms with van der Waals surface area (Å²) in [6.07, 6.45) is 0. The first-order valence-corrected chi connectivity index (χ1v) is 7.55. The maximum Gasteiger partial charge on any atom is 0.252 e. The highest BCUT2D eigenvalue weighted by Gasteiger charge is 2.15. The molecule has 1 amide bonds. The first-order chi connectivity index (χ1) is 10.9. The lowest BCUT2D eigenvalue weighted by Gasteiger charge is -2.17. The number of carbonyl (C=O) groups is 1. The number of hydrogen-bond acceptors (Lipinski definition) is 3. The fourth-order valence-corrected chi connectivity index (χ4v) is 2.61. The third kappa shape index (κ3) is 4.03. The van der Waals surface area contributed by atoms with Crippen LogP contribution in [-0.4, -0.2) is 20.1 Å². The minimum absolute atomic E-state index is 0.0831.